The van der Waals surface area contributed by atoms with Gasteiger partial charge in [-0.3, -0.25) is 0 Å². The Hall–Kier alpha value is -1.56. The zero-order chi connectivity index (χ0) is 14.3. The lowest BCUT2D eigenvalue weighted by Crippen LogP contribution is -2.11. The monoisotopic (exact) mass is 299 g/mol. The lowest BCUT2D eigenvalue weighted by Gasteiger charge is -1.95. The predicted molar refractivity (Wildman–Crippen MR) is 75.8 cm³/mol. The molecule has 0 aliphatic heterocycles. The molecule has 0 saturated heterocycles. The molecule has 2 aromatic carbocycles. The summed E-state index contributed by atoms with van der Waals surface area (Å²) >= 11 is 5.53. The van der Waals surface area contributed by atoms with Crippen molar-refractivity contribution in [1.29, 1.82) is 0 Å². The van der Waals surface area contributed by atoms with Crippen molar-refractivity contribution in [3.05, 3.63) is 59.6 Å². The fourth-order valence-electron chi connectivity index (χ4n) is 1.18. The van der Waals surface area contributed by atoms with Crippen molar-refractivity contribution in [1.82, 2.24) is 0 Å². The second-order valence-corrected chi connectivity index (χ2v) is 5.51. The van der Waals surface area contributed by atoms with Crippen LogP contribution in [0.15, 0.2) is 59.5 Å². The number of para-hydroxylation sites is 1. The summed E-state index contributed by atoms with van der Waals surface area (Å²) in [5, 5.41) is 5.32. The van der Waals surface area contributed by atoms with E-state index in [9.17, 15) is 8.42 Å². The number of hydrogen-bond donors (Lipinski definition) is 1. The number of hydrogen-bond acceptors (Lipinski definition) is 3. The van der Waals surface area contributed by atoms with Crippen LogP contribution >= 0.6 is 11.6 Å². The van der Waals surface area contributed by atoms with E-state index in [1.54, 1.807) is 7.11 Å². The summed E-state index contributed by atoms with van der Waals surface area (Å²) in [5.74, 6) is 0.910. The van der Waals surface area contributed by atoms with E-state index in [0.29, 0.717) is 5.02 Å². The Morgan fingerprint density at radius 1 is 1.00 bits per heavy atom. The molecule has 0 aliphatic carbocycles. The van der Waals surface area contributed by atoms with E-state index in [0.717, 1.165) is 5.75 Å². The minimum Gasteiger partial charge on any atom is -0.497 e. The Morgan fingerprint density at radius 3 is 1.89 bits per heavy atom. The van der Waals surface area contributed by atoms with E-state index in [4.69, 9.17) is 21.5 Å². The van der Waals surface area contributed by atoms with Crippen LogP contribution < -0.4 is 9.88 Å². The molecule has 2 aromatic rings. The van der Waals surface area contributed by atoms with E-state index < -0.39 is 10.0 Å². The molecule has 4 nitrogen and oxygen atoms in total. The third-order valence-corrected chi connectivity index (χ3v) is 3.30. The van der Waals surface area contributed by atoms with Crippen LogP contribution in [0, 0.1) is 0 Å². The molecule has 0 amide bonds. The van der Waals surface area contributed by atoms with Crippen molar-refractivity contribution >= 4 is 21.6 Å². The summed E-state index contributed by atoms with van der Waals surface area (Å²) in [6, 6.07) is 15.3. The summed E-state index contributed by atoms with van der Waals surface area (Å²) in [4.78, 5) is 0.0712. The van der Waals surface area contributed by atoms with Gasteiger partial charge in [0.1, 0.15) is 5.75 Å². The average Bonchev–Trinajstić information content (AvgIpc) is 2.40. The molecule has 0 unspecified atom stereocenters. The highest BCUT2D eigenvalue weighted by atomic mass is 35.5. The van der Waals surface area contributed by atoms with Gasteiger partial charge in [-0.1, -0.05) is 29.8 Å². The van der Waals surface area contributed by atoms with Gasteiger partial charge in [0.05, 0.1) is 12.0 Å². The lowest BCUT2D eigenvalue weighted by molar-refractivity contribution is 0.415. The number of sulfonamides is 1. The van der Waals surface area contributed by atoms with Crippen molar-refractivity contribution in [2.75, 3.05) is 7.11 Å². The highest BCUT2D eigenvalue weighted by Crippen LogP contribution is 2.12. The Bertz CT molecular complexity index is 598. The van der Waals surface area contributed by atoms with Crippen molar-refractivity contribution < 1.29 is 13.2 Å². The van der Waals surface area contributed by atoms with Gasteiger partial charge in [-0.15, -0.1) is 0 Å². The van der Waals surface area contributed by atoms with Crippen molar-refractivity contribution in [2.45, 2.75) is 4.90 Å². The van der Waals surface area contributed by atoms with Gasteiger partial charge in [0, 0.05) is 5.02 Å². The van der Waals surface area contributed by atoms with Crippen LogP contribution in [0.1, 0.15) is 0 Å². The lowest BCUT2D eigenvalue weighted by atomic mass is 10.3. The maximum Gasteiger partial charge on any atom is 0.238 e. The smallest absolute Gasteiger partial charge is 0.238 e. The van der Waals surface area contributed by atoms with Crippen molar-refractivity contribution in [3.63, 3.8) is 0 Å². The van der Waals surface area contributed by atoms with Gasteiger partial charge in [0.2, 0.25) is 10.0 Å². The highest BCUT2D eigenvalue weighted by Gasteiger charge is 2.05. The molecule has 0 bridgehead atoms. The van der Waals surface area contributed by atoms with Crippen LogP contribution in [0.5, 0.6) is 5.75 Å². The molecule has 0 heterocycles. The summed E-state index contributed by atoms with van der Waals surface area (Å²) in [6.07, 6.45) is 0. The fraction of sp³-hybridized carbons (Fsp3) is 0.0769. The first-order valence-corrected chi connectivity index (χ1v) is 7.23. The van der Waals surface area contributed by atoms with E-state index in [1.807, 2.05) is 30.3 Å². The van der Waals surface area contributed by atoms with Gasteiger partial charge in [-0.25, -0.2) is 13.6 Å². The zero-order valence-electron chi connectivity index (χ0n) is 10.3. The van der Waals surface area contributed by atoms with Crippen LogP contribution in [0.2, 0.25) is 5.02 Å². The molecule has 2 rings (SSSR count). The summed E-state index contributed by atoms with van der Waals surface area (Å²) in [5.41, 5.74) is 0. The molecule has 0 radical (unpaired) electrons. The van der Waals surface area contributed by atoms with E-state index in [1.165, 1.54) is 24.3 Å². The molecular weight excluding hydrogens is 286 g/mol. The number of ether oxygens (including phenoxy) is 1. The quantitative estimate of drug-likeness (QED) is 0.927. The first-order valence-electron chi connectivity index (χ1n) is 5.31. The van der Waals surface area contributed by atoms with E-state index in [2.05, 4.69) is 0 Å². The standard InChI is InChI=1S/C7H8O.C6H6ClNO2S/c1-8-7-5-3-2-4-6-7;7-5-1-3-6(4-2-5)11(8,9)10/h2-6H,1H3;1-4H,(H2,8,9,10). The highest BCUT2D eigenvalue weighted by molar-refractivity contribution is 7.89. The number of methoxy groups -OCH3 is 1. The van der Waals surface area contributed by atoms with Crippen LogP contribution in [-0.2, 0) is 10.0 Å². The Balaban J connectivity index is 0.000000200. The second-order valence-electron chi connectivity index (χ2n) is 3.52. The minimum absolute atomic E-state index is 0.0712. The van der Waals surface area contributed by atoms with Crippen LogP contribution in [0.25, 0.3) is 0 Å². The van der Waals surface area contributed by atoms with Gasteiger partial charge in [-0.05, 0) is 36.4 Å². The molecule has 0 aliphatic rings. The van der Waals surface area contributed by atoms with Crippen LogP contribution in [0.3, 0.4) is 0 Å². The Kier molecular flexibility index (Phi) is 5.82. The fourth-order valence-corrected chi connectivity index (χ4v) is 1.82. The van der Waals surface area contributed by atoms with Gasteiger partial charge in [0.25, 0.3) is 0 Å². The van der Waals surface area contributed by atoms with Crippen molar-refractivity contribution in [3.8, 4) is 5.75 Å². The first-order chi connectivity index (χ1) is 8.93. The maximum absolute atomic E-state index is 10.7. The third-order valence-electron chi connectivity index (χ3n) is 2.12. The number of nitrogens with two attached hydrogens (primary N) is 1. The number of primary sulfonamides is 1. The number of rotatable bonds is 2. The molecule has 0 aromatic heterocycles. The molecule has 0 atom stereocenters. The summed E-state index contributed by atoms with van der Waals surface area (Å²) in [6.45, 7) is 0. The Labute approximate surface area is 117 Å². The van der Waals surface area contributed by atoms with Crippen LogP contribution in [0.4, 0.5) is 0 Å². The first kappa shape index (κ1) is 15.5. The molecule has 0 spiro atoms. The van der Waals surface area contributed by atoms with E-state index >= 15 is 0 Å². The average molecular weight is 300 g/mol. The van der Waals surface area contributed by atoms with Gasteiger partial charge in [0.15, 0.2) is 0 Å². The molecule has 19 heavy (non-hydrogen) atoms. The summed E-state index contributed by atoms with van der Waals surface area (Å²) in [7, 11) is -1.92. The number of benzene rings is 2. The predicted octanol–water partition coefficient (Wildman–Crippen LogP) is 2.68. The maximum atomic E-state index is 10.7. The molecule has 2 N–H and O–H groups in total. The Morgan fingerprint density at radius 2 is 1.53 bits per heavy atom. The topological polar surface area (TPSA) is 69.4 Å². The van der Waals surface area contributed by atoms with Gasteiger partial charge < -0.3 is 4.74 Å². The van der Waals surface area contributed by atoms with Crippen LogP contribution in [-0.4, -0.2) is 15.5 Å². The third kappa shape index (κ3) is 5.74. The molecule has 0 fully saturated rings. The second kappa shape index (κ2) is 7.13. The molecule has 0 saturated carbocycles. The van der Waals surface area contributed by atoms with Crippen molar-refractivity contribution in [2.24, 2.45) is 5.14 Å². The minimum atomic E-state index is -3.58. The molecular formula is C13H14ClNO3S. The normalized spacial score (nSPS) is 10.3. The zero-order valence-corrected chi connectivity index (χ0v) is 11.9. The largest absolute Gasteiger partial charge is 0.497 e. The van der Waals surface area contributed by atoms with E-state index in [-0.39, 0.29) is 4.90 Å². The SMILES string of the molecule is COc1ccccc1.NS(=O)(=O)c1ccc(Cl)cc1. The molecule has 6 heteroatoms. The number of halogens is 1. The van der Waals surface area contributed by atoms with Gasteiger partial charge >= 0.3 is 0 Å². The summed E-state index contributed by atoms with van der Waals surface area (Å²) < 4.78 is 26.3. The molecule has 102 valence electrons. The van der Waals surface area contributed by atoms with Gasteiger partial charge in [-0.2, -0.15) is 0 Å².